The van der Waals surface area contributed by atoms with Gasteiger partial charge in [-0.15, -0.1) is 6.58 Å². The fourth-order valence-corrected chi connectivity index (χ4v) is 8.05. The molecule has 0 heterocycles. The minimum atomic E-state index is -2.63. The van der Waals surface area contributed by atoms with Crippen LogP contribution in [0, 0.1) is 12.8 Å². The molecule has 0 saturated heterocycles. The number of benzene rings is 2. The van der Waals surface area contributed by atoms with E-state index in [0.717, 1.165) is 0 Å². The normalized spacial score (nSPS) is 14.8. The van der Waals surface area contributed by atoms with Crippen LogP contribution in [0.25, 0.3) is 0 Å². The third kappa shape index (κ3) is 3.95. The predicted molar refractivity (Wildman–Crippen MR) is 109 cm³/mol. The molecular formula is C22H29O2Si. The summed E-state index contributed by atoms with van der Waals surface area (Å²) in [5.41, 5.74) is 0. The van der Waals surface area contributed by atoms with Crippen molar-refractivity contribution in [1.82, 2.24) is 0 Å². The Morgan fingerprint density at radius 2 is 1.44 bits per heavy atom. The Labute approximate surface area is 153 Å². The molecule has 0 fully saturated rings. The first-order chi connectivity index (χ1) is 11.9. The molecule has 2 aromatic carbocycles. The van der Waals surface area contributed by atoms with Crippen LogP contribution < -0.4 is 10.4 Å². The van der Waals surface area contributed by atoms with Crippen LogP contribution in [0.5, 0.6) is 0 Å². The van der Waals surface area contributed by atoms with E-state index in [4.69, 9.17) is 4.43 Å². The van der Waals surface area contributed by atoms with Gasteiger partial charge in [0.25, 0.3) is 8.32 Å². The third-order valence-electron chi connectivity index (χ3n) is 4.66. The molecule has 2 aromatic rings. The topological polar surface area (TPSA) is 29.5 Å². The van der Waals surface area contributed by atoms with Gasteiger partial charge in [0.05, 0.1) is 6.10 Å². The zero-order valence-electron chi connectivity index (χ0n) is 15.5. The molecule has 1 radical (unpaired) electrons. The predicted octanol–water partition coefficient (Wildman–Crippen LogP) is 3.56. The Balaban J connectivity index is 2.70. The largest absolute Gasteiger partial charge is 0.401 e. The van der Waals surface area contributed by atoms with E-state index >= 15 is 0 Å². The Kier molecular flexibility index (Phi) is 6.39. The quantitative estimate of drug-likeness (QED) is 0.609. The molecule has 0 aliphatic heterocycles. The van der Waals surface area contributed by atoms with Crippen molar-refractivity contribution in [1.29, 1.82) is 0 Å². The van der Waals surface area contributed by atoms with Crippen molar-refractivity contribution in [2.75, 3.05) is 6.61 Å². The standard InChI is InChI=1S/C22H29O2Si/c1-6-21(18(2)17-23)24-25(22(3,4)5,19-13-9-7-10-14-19)20-15-11-8-12-16-20/h6-16,18,21,23H,1-2,17H2,3-5H3/t18-,21-/m0/s1. The minimum absolute atomic E-state index is 0.0328. The monoisotopic (exact) mass is 353 g/mol. The molecule has 1 N–H and O–H groups in total. The molecule has 0 bridgehead atoms. The lowest BCUT2D eigenvalue weighted by Gasteiger charge is -2.45. The maximum atomic E-state index is 9.60. The number of hydrogen-bond donors (Lipinski definition) is 1. The van der Waals surface area contributed by atoms with Gasteiger partial charge >= 0.3 is 0 Å². The molecule has 0 spiro atoms. The van der Waals surface area contributed by atoms with Crippen molar-refractivity contribution < 1.29 is 9.53 Å². The SMILES string of the molecule is [CH2][C@@H](CO)[C@H](C=C)O[Si](c1ccccc1)(c1ccccc1)C(C)(C)C. The molecule has 0 aromatic heterocycles. The first-order valence-corrected chi connectivity index (χ1v) is 10.6. The van der Waals surface area contributed by atoms with Crippen molar-refractivity contribution in [3.8, 4) is 0 Å². The smallest absolute Gasteiger partial charge is 0.261 e. The van der Waals surface area contributed by atoms with E-state index in [1.807, 2.05) is 12.1 Å². The van der Waals surface area contributed by atoms with Crippen molar-refractivity contribution in [3.63, 3.8) is 0 Å². The zero-order chi connectivity index (χ0) is 18.5. The number of aliphatic hydroxyl groups excluding tert-OH is 1. The fraction of sp³-hybridized carbons (Fsp3) is 0.318. The lowest BCUT2D eigenvalue weighted by molar-refractivity contribution is 0.135. The molecule has 133 valence electrons. The highest BCUT2D eigenvalue weighted by Crippen LogP contribution is 2.38. The van der Waals surface area contributed by atoms with Crippen LogP contribution in [0.4, 0.5) is 0 Å². The molecule has 25 heavy (non-hydrogen) atoms. The van der Waals surface area contributed by atoms with Crippen molar-refractivity contribution >= 4 is 18.7 Å². The summed E-state index contributed by atoms with van der Waals surface area (Å²) in [4.78, 5) is 0. The van der Waals surface area contributed by atoms with Gasteiger partial charge < -0.3 is 9.53 Å². The van der Waals surface area contributed by atoms with Crippen molar-refractivity contribution in [2.24, 2.45) is 5.92 Å². The van der Waals surface area contributed by atoms with Crippen molar-refractivity contribution in [3.05, 3.63) is 80.2 Å². The van der Waals surface area contributed by atoms with Gasteiger partial charge in [-0.3, -0.25) is 0 Å². The lowest BCUT2D eigenvalue weighted by Crippen LogP contribution is -2.68. The van der Waals surface area contributed by atoms with Gasteiger partial charge in [0.2, 0.25) is 0 Å². The van der Waals surface area contributed by atoms with Crippen LogP contribution in [0.1, 0.15) is 20.8 Å². The van der Waals surface area contributed by atoms with Gasteiger partial charge in [-0.05, 0) is 22.3 Å². The number of rotatable bonds is 7. The highest BCUT2D eigenvalue weighted by molar-refractivity contribution is 6.99. The average Bonchev–Trinajstić information content (AvgIpc) is 2.62. The molecule has 0 aliphatic rings. The summed E-state index contributed by atoms with van der Waals surface area (Å²) in [5, 5.41) is 11.9. The molecule has 0 aliphatic carbocycles. The second-order valence-corrected chi connectivity index (χ2v) is 11.7. The maximum absolute atomic E-state index is 9.60. The summed E-state index contributed by atoms with van der Waals surface area (Å²) in [5.74, 6) is -0.251. The van der Waals surface area contributed by atoms with E-state index in [1.54, 1.807) is 6.08 Å². The van der Waals surface area contributed by atoms with Crippen LogP contribution in [-0.2, 0) is 4.43 Å². The van der Waals surface area contributed by atoms with E-state index in [1.165, 1.54) is 10.4 Å². The first kappa shape index (κ1) is 19.6. The van der Waals surface area contributed by atoms with Crippen LogP contribution in [-0.4, -0.2) is 26.1 Å². The average molecular weight is 354 g/mol. The molecule has 2 rings (SSSR count). The molecule has 2 atom stereocenters. The Hall–Kier alpha value is -1.68. The molecule has 2 nitrogen and oxygen atoms in total. The van der Waals surface area contributed by atoms with Crippen molar-refractivity contribution in [2.45, 2.75) is 31.9 Å². The maximum Gasteiger partial charge on any atom is 0.261 e. The second kappa shape index (κ2) is 8.13. The third-order valence-corrected chi connectivity index (χ3v) is 9.69. The van der Waals surface area contributed by atoms with E-state index in [9.17, 15) is 5.11 Å². The summed E-state index contributed by atoms with van der Waals surface area (Å²) in [6, 6.07) is 20.9. The fourth-order valence-electron chi connectivity index (χ4n) is 3.34. The minimum Gasteiger partial charge on any atom is -0.401 e. The van der Waals surface area contributed by atoms with Crippen LogP contribution in [0.3, 0.4) is 0 Å². The number of hydrogen-bond acceptors (Lipinski definition) is 2. The highest BCUT2D eigenvalue weighted by atomic mass is 28.4. The Morgan fingerprint density at radius 3 is 1.76 bits per heavy atom. The Bertz CT molecular complexity index is 622. The van der Waals surface area contributed by atoms with Gasteiger partial charge in [-0.2, -0.15) is 0 Å². The highest BCUT2D eigenvalue weighted by Gasteiger charge is 2.51. The first-order valence-electron chi connectivity index (χ1n) is 8.72. The summed E-state index contributed by atoms with van der Waals surface area (Å²) in [6.07, 6.45) is 1.46. The van der Waals surface area contributed by atoms with Gasteiger partial charge in [-0.1, -0.05) is 87.5 Å². The van der Waals surface area contributed by atoms with E-state index in [2.05, 4.69) is 82.8 Å². The van der Waals surface area contributed by atoms with Gasteiger partial charge in [0, 0.05) is 12.5 Å². The van der Waals surface area contributed by atoms with Crippen LogP contribution in [0.2, 0.25) is 5.04 Å². The molecular weight excluding hydrogens is 324 g/mol. The van der Waals surface area contributed by atoms with Gasteiger partial charge in [0.15, 0.2) is 0 Å². The summed E-state index contributed by atoms with van der Waals surface area (Å²) >= 11 is 0. The van der Waals surface area contributed by atoms with Gasteiger partial charge in [0.1, 0.15) is 0 Å². The second-order valence-electron chi connectivity index (χ2n) is 7.42. The summed E-state index contributed by atoms with van der Waals surface area (Å²) in [7, 11) is -2.63. The Morgan fingerprint density at radius 1 is 1.00 bits per heavy atom. The molecule has 0 saturated carbocycles. The molecule has 0 unspecified atom stereocenters. The van der Waals surface area contributed by atoms with E-state index in [-0.39, 0.29) is 23.7 Å². The molecule has 3 heteroatoms. The van der Waals surface area contributed by atoms with Crippen LogP contribution in [0.15, 0.2) is 73.3 Å². The zero-order valence-corrected chi connectivity index (χ0v) is 16.5. The summed E-state index contributed by atoms with van der Waals surface area (Å²) < 4.78 is 6.87. The van der Waals surface area contributed by atoms with Crippen LogP contribution >= 0.6 is 0 Å². The summed E-state index contributed by atoms with van der Waals surface area (Å²) in [6.45, 7) is 14.7. The van der Waals surface area contributed by atoms with E-state index in [0.29, 0.717) is 0 Å². The number of aliphatic hydroxyl groups is 1. The van der Waals surface area contributed by atoms with E-state index < -0.39 is 8.32 Å². The molecule has 0 amide bonds. The van der Waals surface area contributed by atoms with Gasteiger partial charge in [-0.25, -0.2) is 0 Å². The lowest BCUT2D eigenvalue weighted by atomic mass is 10.1.